The van der Waals surface area contributed by atoms with Crippen LogP contribution in [-0.4, -0.2) is 49.6 Å². The summed E-state index contributed by atoms with van der Waals surface area (Å²) in [5.41, 5.74) is 9.47. The fourth-order valence-electron chi connectivity index (χ4n) is 5.58. The molecule has 2 fully saturated rings. The van der Waals surface area contributed by atoms with Gasteiger partial charge in [-0.25, -0.2) is 10.8 Å². The van der Waals surface area contributed by atoms with Gasteiger partial charge in [-0.05, 0) is 97.8 Å². The van der Waals surface area contributed by atoms with E-state index in [1.54, 1.807) is 51.0 Å². The number of hydrogen-bond acceptors (Lipinski definition) is 12. The monoisotopic (exact) mass is 777 g/mol. The first-order valence-electron chi connectivity index (χ1n) is 18.7. The molecule has 2 aliphatic rings. The van der Waals surface area contributed by atoms with Crippen molar-refractivity contribution >= 4 is 31.3 Å². The van der Waals surface area contributed by atoms with Gasteiger partial charge in [0.05, 0.1) is 50.8 Å². The number of hydrogen-bond donors (Lipinski definition) is 4. The van der Waals surface area contributed by atoms with Crippen LogP contribution in [0.1, 0.15) is 124 Å². The highest BCUT2D eigenvalue weighted by molar-refractivity contribution is 7.26. The Morgan fingerprint density at radius 3 is 2.18 bits per heavy atom. The molecule has 0 radical (unpaired) electrons. The van der Waals surface area contributed by atoms with E-state index in [0.29, 0.717) is 56.3 Å². The number of hydrazine groups is 1. The molecule has 1 unspecified atom stereocenters. The highest BCUT2D eigenvalue weighted by Crippen LogP contribution is 2.69. The van der Waals surface area contributed by atoms with Crippen LogP contribution in [0.3, 0.4) is 0 Å². The molecule has 5 rings (SSSR count). The van der Waals surface area contributed by atoms with Gasteiger partial charge in [0, 0.05) is 40.8 Å². The Kier molecular flexibility index (Phi) is 14.6. The maximum Gasteiger partial charge on any atom is 0.213 e. The molecule has 12 nitrogen and oxygen atoms in total. The van der Waals surface area contributed by atoms with Gasteiger partial charge in [-0.1, -0.05) is 40.7 Å². The number of pyridine rings is 2. The van der Waals surface area contributed by atoms with Crippen molar-refractivity contribution in [1.82, 2.24) is 15.0 Å². The van der Waals surface area contributed by atoms with Crippen molar-refractivity contribution in [1.29, 1.82) is 10.5 Å². The van der Waals surface area contributed by atoms with Crippen LogP contribution < -0.4 is 21.8 Å². The third kappa shape index (κ3) is 11.9. The summed E-state index contributed by atoms with van der Waals surface area (Å²) >= 11 is 0. The van der Waals surface area contributed by atoms with E-state index in [-0.39, 0.29) is 32.8 Å². The number of nitrogens with zero attached hydrogens (tertiary/aromatic N) is 6. The molecule has 0 saturated heterocycles. The molecule has 0 spiro atoms. The van der Waals surface area contributed by atoms with Crippen LogP contribution in [-0.2, 0) is 9.05 Å². The molecule has 3 aromatic rings. The Labute approximate surface area is 329 Å². The number of halogens is 1. The van der Waals surface area contributed by atoms with Crippen molar-refractivity contribution in [3.63, 3.8) is 0 Å². The van der Waals surface area contributed by atoms with Gasteiger partial charge in [0.2, 0.25) is 5.95 Å². The quantitative estimate of drug-likeness (QED) is 0.0344. The normalized spacial score (nSPS) is 18.8. The summed E-state index contributed by atoms with van der Waals surface area (Å²) in [6, 6.07) is 10.3. The number of aryl methyl sites for hydroxylation is 1. The summed E-state index contributed by atoms with van der Waals surface area (Å²) in [5, 5.41) is 34.8. The highest BCUT2D eigenvalue weighted by atomic mass is 31.1. The lowest BCUT2D eigenvalue weighted by molar-refractivity contribution is 0.102. The maximum absolute atomic E-state index is 14.3. The zero-order valence-electron chi connectivity index (χ0n) is 34.8. The van der Waals surface area contributed by atoms with E-state index in [4.69, 9.17) is 25.7 Å². The van der Waals surface area contributed by atoms with Gasteiger partial charge in [-0.15, -0.1) is 0 Å². The Balaban J connectivity index is 0.00000107. The van der Waals surface area contributed by atoms with E-state index in [1.165, 1.54) is 12.3 Å². The first-order chi connectivity index (χ1) is 25.5. The molecule has 2 saturated carbocycles. The van der Waals surface area contributed by atoms with Crippen LogP contribution in [0.5, 0.6) is 0 Å². The summed E-state index contributed by atoms with van der Waals surface area (Å²) in [6.07, 6.45) is 5.25. The van der Waals surface area contributed by atoms with Crippen LogP contribution in [0.25, 0.3) is 10.9 Å². The fraction of sp³-hybridized carbons (Fsp3) is 0.561. The second kappa shape index (κ2) is 17.8. The molecule has 55 heavy (non-hydrogen) atoms. The number of fused-ring (bicyclic) bond motifs is 2. The number of benzene rings is 1. The minimum atomic E-state index is -0.739. The van der Waals surface area contributed by atoms with Crippen LogP contribution in [0.4, 0.5) is 15.8 Å². The lowest BCUT2D eigenvalue weighted by Gasteiger charge is -2.36. The summed E-state index contributed by atoms with van der Waals surface area (Å²) < 4.78 is 26.4. The van der Waals surface area contributed by atoms with Gasteiger partial charge in [0.25, 0.3) is 0 Å². The van der Waals surface area contributed by atoms with Crippen LogP contribution >= 0.6 is 9.03 Å². The minimum absolute atomic E-state index is 0.0220. The third-order valence-electron chi connectivity index (χ3n) is 9.26. The van der Waals surface area contributed by atoms with E-state index in [2.05, 4.69) is 48.2 Å². The molecule has 14 heteroatoms. The van der Waals surface area contributed by atoms with Gasteiger partial charge in [0.1, 0.15) is 18.9 Å². The standard InChI is InChI=1S/C35H45FN9O2P.C4H10O.C2H6/c1-20-26(9-10-29(36)42-20)32(28(39)18-45(40)35-13-24(35)14-35)44(19-46-48-47-34(6,7)8)25-11-22(15-37)30-27(12-25)31(23(16-38)17-41-30)43-21(2)33(3,4)5;1-4(2,3)5;1-2/h9-12,17-18,21,24,32,48H,13-14,19,39-40H2,1-8H3,(H,41,43);5H,1-3H3;1-2H3/b28-18-;;/t21-,24?,32+,35?;;/m1../s1. The Morgan fingerprint density at radius 1 is 1.11 bits per heavy atom. The summed E-state index contributed by atoms with van der Waals surface area (Å²) in [5.74, 6) is 6.49. The first kappa shape index (κ1) is 45.3. The molecule has 2 aliphatic carbocycles. The number of nitriles is 2. The number of anilines is 2. The number of rotatable bonds is 12. The molecule has 1 aromatic carbocycles. The van der Waals surface area contributed by atoms with E-state index >= 15 is 0 Å². The lowest BCUT2D eigenvalue weighted by atomic mass is 9.87. The van der Waals surface area contributed by atoms with Crippen molar-refractivity contribution in [3.05, 3.63) is 70.7 Å². The fourth-order valence-corrected chi connectivity index (χ4v) is 6.08. The number of nitrogens with one attached hydrogen (secondary N) is 1. The summed E-state index contributed by atoms with van der Waals surface area (Å²) in [6.45, 7) is 25.1. The zero-order valence-corrected chi connectivity index (χ0v) is 35.8. The first-order valence-corrected chi connectivity index (χ1v) is 19.5. The molecule has 0 aliphatic heterocycles. The largest absolute Gasteiger partial charge is 0.399 e. The van der Waals surface area contributed by atoms with Crippen LogP contribution in [0.2, 0.25) is 0 Å². The van der Waals surface area contributed by atoms with Crippen LogP contribution in [0.15, 0.2) is 42.4 Å². The molecule has 300 valence electrons. The van der Waals surface area contributed by atoms with E-state index in [9.17, 15) is 14.9 Å². The smallest absolute Gasteiger partial charge is 0.213 e. The Hall–Kier alpha value is -4.10. The number of aromatic nitrogens is 2. The van der Waals surface area contributed by atoms with Crippen molar-refractivity contribution in [3.8, 4) is 12.1 Å². The van der Waals surface area contributed by atoms with Gasteiger partial charge < -0.3 is 35.1 Å². The predicted octanol–water partition coefficient (Wildman–Crippen LogP) is 8.45. The maximum atomic E-state index is 14.3. The van der Waals surface area contributed by atoms with Crippen molar-refractivity contribution < 1.29 is 18.5 Å². The van der Waals surface area contributed by atoms with E-state index in [1.807, 2.05) is 52.5 Å². The predicted molar refractivity (Wildman–Crippen MR) is 220 cm³/mol. The summed E-state index contributed by atoms with van der Waals surface area (Å²) in [4.78, 5) is 10.5. The average Bonchev–Trinajstić information content (AvgIpc) is 3.97. The van der Waals surface area contributed by atoms with E-state index in [0.717, 1.165) is 12.8 Å². The molecule has 0 amide bonds. The lowest BCUT2D eigenvalue weighted by Crippen LogP contribution is -2.38. The molecule has 2 heterocycles. The number of nitrogens with two attached hydrogens (primary N) is 2. The topological polar surface area (TPSA) is 183 Å². The molecular formula is C41H61FN9O3P. The van der Waals surface area contributed by atoms with Gasteiger partial charge in [0.15, 0.2) is 9.03 Å². The Bertz CT molecular complexity index is 1910. The van der Waals surface area contributed by atoms with Gasteiger partial charge in [-0.2, -0.15) is 14.9 Å². The van der Waals surface area contributed by atoms with Crippen molar-refractivity contribution in [2.24, 2.45) is 22.9 Å². The SMILES string of the molecule is CC.CC(C)(C)O.Cc1nc(F)ccc1[C@@H](/C(N)=C/N(N)C12CC1C2)N(COPOC(C)(C)C)c1cc(C#N)c2ncc(C#N)c(N[C@H](C)C(C)(C)C)c2c1. The van der Waals surface area contributed by atoms with Crippen molar-refractivity contribution in [2.75, 3.05) is 16.9 Å². The molecule has 0 bridgehead atoms. The molecular weight excluding hydrogens is 716 g/mol. The second-order valence-corrected chi connectivity index (χ2v) is 17.7. The Morgan fingerprint density at radius 2 is 1.69 bits per heavy atom. The second-order valence-electron chi connectivity index (χ2n) is 17.1. The van der Waals surface area contributed by atoms with Crippen molar-refractivity contribution in [2.45, 2.75) is 132 Å². The zero-order chi connectivity index (χ0) is 41.7. The van der Waals surface area contributed by atoms with Gasteiger partial charge in [-0.3, -0.25) is 4.98 Å². The number of aliphatic hydroxyl groups is 1. The molecule has 6 N–H and O–H groups in total. The van der Waals surface area contributed by atoms with E-state index < -0.39 is 23.2 Å². The minimum Gasteiger partial charge on any atom is -0.399 e. The van der Waals surface area contributed by atoms with Crippen LogP contribution in [0, 0.1) is 46.9 Å². The third-order valence-corrected chi connectivity index (χ3v) is 10.2. The average molecular weight is 778 g/mol. The van der Waals surface area contributed by atoms with Gasteiger partial charge >= 0.3 is 0 Å². The molecule has 2 aromatic heterocycles. The summed E-state index contributed by atoms with van der Waals surface area (Å²) in [7, 11) is -0.317. The molecule has 3 atom stereocenters. The highest BCUT2D eigenvalue weighted by Gasteiger charge is 2.72.